The van der Waals surface area contributed by atoms with Crippen LogP contribution in [0, 0.1) is 17.5 Å². The fourth-order valence-corrected chi connectivity index (χ4v) is 5.04. The van der Waals surface area contributed by atoms with Gasteiger partial charge in [0.15, 0.2) is 0 Å². The molecule has 2 heterocycles. The van der Waals surface area contributed by atoms with E-state index >= 15 is 0 Å². The van der Waals surface area contributed by atoms with Crippen molar-refractivity contribution in [2.45, 2.75) is 50.7 Å². The zero-order valence-electron chi connectivity index (χ0n) is 18.3. The summed E-state index contributed by atoms with van der Waals surface area (Å²) in [7, 11) is 0. The number of amides is 1. The molecule has 1 saturated carbocycles. The Labute approximate surface area is 193 Å². The Hall–Kier alpha value is -3.62. The maximum absolute atomic E-state index is 14.2. The van der Waals surface area contributed by atoms with E-state index in [1.807, 2.05) is 11.1 Å². The Kier molecular flexibility index (Phi) is 4.93. The average molecular weight is 465 g/mol. The number of rotatable bonds is 5. The van der Waals surface area contributed by atoms with E-state index in [1.54, 1.807) is 24.4 Å². The number of hydrogen-bond donors (Lipinski definition) is 1. The van der Waals surface area contributed by atoms with E-state index in [1.165, 1.54) is 4.68 Å². The monoisotopic (exact) mass is 465 g/mol. The molecule has 1 fully saturated rings. The zero-order valence-corrected chi connectivity index (χ0v) is 18.3. The summed E-state index contributed by atoms with van der Waals surface area (Å²) in [6, 6.07) is 6.92. The number of aromatic amines is 1. The third kappa shape index (κ3) is 3.55. The number of fused-ring (bicyclic) bond motifs is 2. The van der Waals surface area contributed by atoms with Crippen molar-refractivity contribution in [2.24, 2.45) is 0 Å². The fraction of sp³-hybridized carbons (Fsp3) is 0.320. The highest BCUT2D eigenvalue weighted by Crippen LogP contribution is 2.35. The van der Waals surface area contributed by atoms with Crippen molar-refractivity contribution in [3.05, 3.63) is 82.6 Å². The topological polar surface area (TPSA) is 66.8 Å². The highest BCUT2D eigenvalue weighted by molar-refractivity contribution is 6.06. The number of nitrogens with one attached hydrogen (secondary N) is 1. The second-order valence-corrected chi connectivity index (χ2v) is 9.10. The molecule has 2 aromatic heterocycles. The lowest BCUT2D eigenvalue weighted by atomic mass is 9.91. The van der Waals surface area contributed by atoms with Crippen LogP contribution in [0.25, 0.3) is 10.9 Å². The van der Waals surface area contributed by atoms with Crippen molar-refractivity contribution in [3.8, 4) is 0 Å². The zero-order chi connectivity index (χ0) is 23.4. The van der Waals surface area contributed by atoms with Gasteiger partial charge in [0, 0.05) is 40.9 Å². The summed E-state index contributed by atoms with van der Waals surface area (Å²) in [4.78, 5) is 15.8. The van der Waals surface area contributed by atoms with Gasteiger partial charge >= 0.3 is 0 Å². The summed E-state index contributed by atoms with van der Waals surface area (Å²) in [5, 5.41) is 12.1. The van der Waals surface area contributed by atoms with Crippen molar-refractivity contribution in [3.63, 3.8) is 0 Å². The molecule has 2 aliphatic carbocycles. The van der Waals surface area contributed by atoms with Crippen LogP contribution in [0.2, 0.25) is 0 Å². The Morgan fingerprint density at radius 1 is 1.09 bits per heavy atom. The molecule has 1 amide bonds. The number of nitrogens with zero attached hydrogens (tertiary/aromatic N) is 4. The first-order chi connectivity index (χ1) is 16.5. The van der Waals surface area contributed by atoms with Crippen LogP contribution in [0.15, 0.2) is 42.7 Å². The summed E-state index contributed by atoms with van der Waals surface area (Å²) in [5.74, 6) is -2.96. The fourth-order valence-electron chi connectivity index (χ4n) is 5.04. The molecule has 0 bridgehead atoms. The smallest absolute Gasteiger partial charge is 0.255 e. The van der Waals surface area contributed by atoms with Crippen LogP contribution in [0.5, 0.6) is 0 Å². The van der Waals surface area contributed by atoms with Crippen molar-refractivity contribution in [1.82, 2.24) is 24.9 Å². The van der Waals surface area contributed by atoms with Crippen LogP contribution in [0.3, 0.4) is 0 Å². The number of benzene rings is 2. The minimum absolute atomic E-state index is 0.0521. The molecule has 0 aliphatic heterocycles. The van der Waals surface area contributed by atoms with E-state index in [0.717, 1.165) is 43.4 Å². The summed E-state index contributed by atoms with van der Waals surface area (Å²) >= 11 is 0. The molecular weight excluding hydrogens is 443 g/mol. The molecule has 174 valence electrons. The van der Waals surface area contributed by atoms with Crippen LogP contribution in [-0.4, -0.2) is 42.9 Å². The van der Waals surface area contributed by atoms with Gasteiger partial charge in [-0.1, -0.05) is 6.07 Å². The Balaban J connectivity index is 1.33. The molecule has 6 rings (SSSR count). The predicted molar refractivity (Wildman–Crippen MR) is 119 cm³/mol. The predicted octanol–water partition coefficient (Wildman–Crippen LogP) is 4.39. The lowest BCUT2D eigenvalue weighted by molar-refractivity contribution is 0.0645. The van der Waals surface area contributed by atoms with E-state index in [9.17, 15) is 18.0 Å². The SMILES string of the molecule is O=C(c1cccc2c1cnn2Cc1c(F)cc(F)cc1F)N(C1CC1)C1CCc2[nH]ncc2C1. The van der Waals surface area contributed by atoms with E-state index in [4.69, 9.17) is 0 Å². The standard InChI is InChI=1S/C25H22F3N5O/c26-15-9-21(27)20(22(28)10-15)13-32-24-3-1-2-18(19(24)12-30-32)25(34)33(16-4-5-16)17-6-7-23-14(8-17)11-29-31-23/h1-3,9-12,16-17H,4-8,13H2,(H,29,31). The molecule has 2 aliphatic rings. The van der Waals surface area contributed by atoms with Gasteiger partial charge in [-0.15, -0.1) is 0 Å². The number of halogens is 3. The Morgan fingerprint density at radius 2 is 1.88 bits per heavy atom. The number of hydrogen-bond acceptors (Lipinski definition) is 3. The maximum Gasteiger partial charge on any atom is 0.255 e. The van der Waals surface area contributed by atoms with Crippen LogP contribution in [0.4, 0.5) is 13.2 Å². The number of H-pyrrole nitrogens is 1. The molecule has 0 saturated heterocycles. The number of aryl methyl sites for hydroxylation is 1. The van der Waals surface area contributed by atoms with Crippen molar-refractivity contribution in [1.29, 1.82) is 0 Å². The molecule has 0 spiro atoms. The minimum atomic E-state index is -0.970. The average Bonchev–Trinajstić information content (AvgIpc) is 3.37. The second-order valence-electron chi connectivity index (χ2n) is 9.10. The molecule has 6 nitrogen and oxygen atoms in total. The van der Waals surface area contributed by atoms with Gasteiger partial charge in [-0.05, 0) is 49.8 Å². The van der Waals surface area contributed by atoms with Gasteiger partial charge in [-0.2, -0.15) is 10.2 Å². The van der Waals surface area contributed by atoms with Crippen LogP contribution < -0.4 is 0 Å². The first-order valence-corrected chi connectivity index (χ1v) is 11.4. The first kappa shape index (κ1) is 20.9. The summed E-state index contributed by atoms with van der Waals surface area (Å²) < 4.78 is 43.2. The minimum Gasteiger partial charge on any atom is -0.332 e. The summed E-state index contributed by atoms with van der Waals surface area (Å²) in [6.07, 6.45) is 7.87. The van der Waals surface area contributed by atoms with E-state index in [-0.39, 0.29) is 30.1 Å². The van der Waals surface area contributed by atoms with Crippen molar-refractivity contribution < 1.29 is 18.0 Å². The maximum atomic E-state index is 14.2. The molecule has 1 N–H and O–H groups in total. The third-order valence-corrected chi connectivity index (χ3v) is 6.89. The lowest BCUT2D eigenvalue weighted by Gasteiger charge is -2.34. The van der Waals surface area contributed by atoms with E-state index in [2.05, 4.69) is 15.3 Å². The quantitative estimate of drug-likeness (QED) is 0.476. The lowest BCUT2D eigenvalue weighted by Crippen LogP contribution is -2.44. The van der Waals surface area contributed by atoms with Gasteiger partial charge in [0.25, 0.3) is 5.91 Å². The van der Waals surface area contributed by atoms with Gasteiger partial charge in [0.1, 0.15) is 17.5 Å². The number of carbonyl (C=O) groups is 1. The first-order valence-electron chi connectivity index (χ1n) is 11.4. The molecule has 9 heteroatoms. The molecule has 34 heavy (non-hydrogen) atoms. The highest BCUT2D eigenvalue weighted by atomic mass is 19.1. The normalized spacial score (nSPS) is 17.7. The number of carbonyl (C=O) groups excluding carboxylic acids is 1. The molecule has 2 aromatic carbocycles. The molecule has 4 aromatic rings. The van der Waals surface area contributed by atoms with Crippen LogP contribution in [0.1, 0.15) is 46.4 Å². The number of aromatic nitrogens is 4. The molecular formula is C25H22F3N5O. The van der Waals surface area contributed by atoms with E-state index < -0.39 is 17.5 Å². The van der Waals surface area contributed by atoms with Crippen LogP contribution in [-0.2, 0) is 19.4 Å². The van der Waals surface area contributed by atoms with E-state index in [0.29, 0.717) is 28.6 Å². The van der Waals surface area contributed by atoms with Crippen LogP contribution >= 0.6 is 0 Å². The molecule has 1 unspecified atom stereocenters. The Morgan fingerprint density at radius 3 is 2.65 bits per heavy atom. The Bertz CT molecular complexity index is 1380. The van der Waals surface area contributed by atoms with Gasteiger partial charge in [-0.3, -0.25) is 14.6 Å². The second kappa shape index (κ2) is 8.00. The highest BCUT2D eigenvalue weighted by Gasteiger charge is 2.39. The van der Waals surface area contributed by atoms with Gasteiger partial charge < -0.3 is 4.90 Å². The third-order valence-electron chi connectivity index (χ3n) is 6.89. The summed E-state index contributed by atoms with van der Waals surface area (Å²) in [6.45, 7) is -0.211. The molecule has 0 radical (unpaired) electrons. The van der Waals surface area contributed by atoms with Gasteiger partial charge in [0.2, 0.25) is 0 Å². The van der Waals surface area contributed by atoms with Gasteiger partial charge in [-0.25, -0.2) is 13.2 Å². The molecule has 1 atom stereocenters. The van der Waals surface area contributed by atoms with Crippen molar-refractivity contribution >= 4 is 16.8 Å². The summed E-state index contributed by atoms with van der Waals surface area (Å²) in [5.41, 5.74) is 3.13. The van der Waals surface area contributed by atoms with Crippen molar-refractivity contribution in [2.75, 3.05) is 0 Å². The van der Waals surface area contributed by atoms with Gasteiger partial charge in [0.05, 0.1) is 30.0 Å². The largest absolute Gasteiger partial charge is 0.332 e.